The molecule has 0 heterocycles. The van der Waals surface area contributed by atoms with Gasteiger partial charge in [0.1, 0.15) is 18.2 Å². The number of nitrogens with two attached hydrogens (primary N) is 1. The van der Waals surface area contributed by atoms with Crippen LogP contribution in [0.2, 0.25) is 0 Å². The molecular weight excluding hydrogens is 253 g/mol. The van der Waals surface area contributed by atoms with Crippen LogP contribution >= 0.6 is 0 Å². The van der Waals surface area contributed by atoms with Crippen molar-refractivity contribution in [2.45, 2.75) is 32.9 Å². The molecule has 0 aliphatic rings. The van der Waals surface area contributed by atoms with E-state index in [2.05, 4.69) is 19.9 Å². The predicted octanol–water partition coefficient (Wildman–Crippen LogP) is 3.99. The normalized spacial score (nSPS) is 10.8. The number of ether oxygens (including phenoxy) is 1. The lowest BCUT2D eigenvalue weighted by Gasteiger charge is -2.11. The first-order valence-electron chi connectivity index (χ1n) is 6.79. The summed E-state index contributed by atoms with van der Waals surface area (Å²) in [5.41, 5.74) is 8.34. The highest BCUT2D eigenvalue weighted by Crippen LogP contribution is 2.21. The third-order valence-corrected chi connectivity index (χ3v) is 3.18. The predicted molar refractivity (Wildman–Crippen MR) is 79.2 cm³/mol. The van der Waals surface area contributed by atoms with Gasteiger partial charge in [0.25, 0.3) is 0 Å². The van der Waals surface area contributed by atoms with Gasteiger partial charge in [0.15, 0.2) is 0 Å². The van der Waals surface area contributed by atoms with E-state index in [1.165, 1.54) is 17.7 Å². The van der Waals surface area contributed by atoms with Crippen LogP contribution in [0.15, 0.2) is 42.5 Å². The van der Waals surface area contributed by atoms with E-state index in [9.17, 15) is 4.39 Å². The molecule has 0 aromatic heterocycles. The SMILES string of the molecule is CC(C)c1cccc(OCc2cc(F)cc(CN)c2)c1. The van der Waals surface area contributed by atoms with Crippen LogP contribution in [0, 0.1) is 5.82 Å². The highest BCUT2D eigenvalue weighted by Gasteiger charge is 2.03. The van der Waals surface area contributed by atoms with Crippen molar-refractivity contribution >= 4 is 0 Å². The van der Waals surface area contributed by atoms with Gasteiger partial charge in [-0.2, -0.15) is 0 Å². The summed E-state index contributed by atoms with van der Waals surface area (Å²) in [5, 5.41) is 0. The van der Waals surface area contributed by atoms with E-state index in [1.54, 1.807) is 0 Å². The van der Waals surface area contributed by atoms with Gasteiger partial charge in [-0.1, -0.05) is 32.0 Å². The highest BCUT2D eigenvalue weighted by atomic mass is 19.1. The summed E-state index contributed by atoms with van der Waals surface area (Å²) in [6, 6.07) is 12.8. The largest absolute Gasteiger partial charge is 0.489 e. The first-order valence-corrected chi connectivity index (χ1v) is 6.79. The molecule has 2 nitrogen and oxygen atoms in total. The Bertz CT molecular complexity index is 581. The summed E-state index contributed by atoms with van der Waals surface area (Å²) in [6.45, 7) is 4.94. The molecule has 0 saturated carbocycles. The molecule has 2 N–H and O–H groups in total. The van der Waals surface area contributed by atoms with Crippen LogP contribution in [0.4, 0.5) is 4.39 Å². The number of hydrogen-bond donors (Lipinski definition) is 1. The molecule has 2 aromatic carbocycles. The maximum atomic E-state index is 13.4. The van der Waals surface area contributed by atoms with Crippen LogP contribution in [0.3, 0.4) is 0 Å². The van der Waals surface area contributed by atoms with Gasteiger partial charge in [0.05, 0.1) is 0 Å². The van der Waals surface area contributed by atoms with Crippen molar-refractivity contribution in [2.24, 2.45) is 5.73 Å². The number of rotatable bonds is 5. The second-order valence-electron chi connectivity index (χ2n) is 5.19. The molecule has 0 bridgehead atoms. The third-order valence-electron chi connectivity index (χ3n) is 3.18. The monoisotopic (exact) mass is 273 g/mol. The van der Waals surface area contributed by atoms with Gasteiger partial charge in [-0.15, -0.1) is 0 Å². The van der Waals surface area contributed by atoms with Crippen LogP contribution in [-0.2, 0) is 13.2 Å². The molecule has 0 unspecified atom stereocenters. The van der Waals surface area contributed by atoms with Crippen LogP contribution in [0.25, 0.3) is 0 Å². The quantitative estimate of drug-likeness (QED) is 0.894. The average Bonchev–Trinajstić information content (AvgIpc) is 2.44. The Morgan fingerprint density at radius 3 is 2.55 bits per heavy atom. The molecule has 0 aliphatic carbocycles. The van der Waals surface area contributed by atoms with Crippen molar-refractivity contribution in [3.8, 4) is 5.75 Å². The summed E-state index contributed by atoms with van der Waals surface area (Å²) < 4.78 is 19.1. The zero-order valence-electron chi connectivity index (χ0n) is 11.9. The summed E-state index contributed by atoms with van der Waals surface area (Å²) in [6.07, 6.45) is 0. The lowest BCUT2D eigenvalue weighted by molar-refractivity contribution is 0.305. The smallest absolute Gasteiger partial charge is 0.123 e. The van der Waals surface area contributed by atoms with Gasteiger partial charge in [-0.05, 0) is 46.9 Å². The molecule has 2 aromatic rings. The van der Waals surface area contributed by atoms with Crippen LogP contribution in [0.1, 0.15) is 36.5 Å². The molecule has 0 amide bonds. The van der Waals surface area contributed by atoms with E-state index in [0.717, 1.165) is 16.9 Å². The van der Waals surface area contributed by atoms with E-state index in [0.29, 0.717) is 19.1 Å². The Morgan fingerprint density at radius 2 is 1.85 bits per heavy atom. The maximum Gasteiger partial charge on any atom is 0.123 e. The highest BCUT2D eigenvalue weighted by molar-refractivity contribution is 5.31. The minimum absolute atomic E-state index is 0.275. The van der Waals surface area contributed by atoms with E-state index in [-0.39, 0.29) is 5.82 Å². The number of halogens is 1. The molecule has 3 heteroatoms. The molecule has 2 rings (SSSR count). The molecule has 0 atom stereocenters. The van der Waals surface area contributed by atoms with Crippen molar-refractivity contribution in [2.75, 3.05) is 0 Å². The summed E-state index contributed by atoms with van der Waals surface area (Å²) in [4.78, 5) is 0. The van der Waals surface area contributed by atoms with Crippen LogP contribution in [0.5, 0.6) is 5.75 Å². The van der Waals surface area contributed by atoms with Crippen LogP contribution in [-0.4, -0.2) is 0 Å². The summed E-state index contributed by atoms with van der Waals surface area (Å²) in [7, 11) is 0. The van der Waals surface area contributed by atoms with Crippen molar-refractivity contribution in [3.63, 3.8) is 0 Å². The lowest BCUT2D eigenvalue weighted by atomic mass is 10.0. The summed E-state index contributed by atoms with van der Waals surface area (Å²) >= 11 is 0. The van der Waals surface area contributed by atoms with Gasteiger partial charge >= 0.3 is 0 Å². The zero-order chi connectivity index (χ0) is 14.5. The molecule has 20 heavy (non-hydrogen) atoms. The Hall–Kier alpha value is -1.87. The second kappa shape index (κ2) is 6.53. The first kappa shape index (κ1) is 14.5. The summed E-state index contributed by atoms with van der Waals surface area (Å²) in [5.74, 6) is 0.980. The molecule has 0 radical (unpaired) electrons. The zero-order valence-corrected chi connectivity index (χ0v) is 11.9. The standard InChI is InChI=1S/C17H20FNO/c1-12(2)15-4-3-5-17(9-15)20-11-14-6-13(10-19)7-16(18)8-14/h3-9,12H,10-11,19H2,1-2H3. The molecule has 0 saturated heterocycles. The Labute approximate surface area is 119 Å². The Balaban J connectivity index is 2.08. The lowest BCUT2D eigenvalue weighted by Crippen LogP contribution is -2.01. The van der Waals surface area contributed by atoms with Crippen LogP contribution < -0.4 is 10.5 Å². The molecular formula is C17H20FNO. The first-order chi connectivity index (χ1) is 9.58. The Morgan fingerprint density at radius 1 is 1.10 bits per heavy atom. The number of hydrogen-bond acceptors (Lipinski definition) is 2. The van der Waals surface area contributed by atoms with Gasteiger partial charge < -0.3 is 10.5 Å². The second-order valence-corrected chi connectivity index (χ2v) is 5.19. The average molecular weight is 273 g/mol. The third kappa shape index (κ3) is 3.81. The molecule has 0 spiro atoms. The fraction of sp³-hybridized carbons (Fsp3) is 0.294. The minimum Gasteiger partial charge on any atom is -0.489 e. The number of benzene rings is 2. The molecule has 0 fully saturated rings. The van der Waals surface area contributed by atoms with Crippen molar-refractivity contribution in [3.05, 3.63) is 65.0 Å². The minimum atomic E-state index is -0.275. The van der Waals surface area contributed by atoms with Gasteiger partial charge in [0, 0.05) is 6.54 Å². The fourth-order valence-electron chi connectivity index (χ4n) is 2.05. The maximum absolute atomic E-state index is 13.4. The molecule has 106 valence electrons. The molecule has 0 aliphatic heterocycles. The van der Waals surface area contributed by atoms with Crippen molar-refractivity contribution in [1.29, 1.82) is 0 Å². The van der Waals surface area contributed by atoms with Crippen molar-refractivity contribution < 1.29 is 9.13 Å². The van der Waals surface area contributed by atoms with E-state index < -0.39 is 0 Å². The van der Waals surface area contributed by atoms with E-state index in [1.807, 2.05) is 24.3 Å². The van der Waals surface area contributed by atoms with Gasteiger partial charge in [-0.25, -0.2) is 4.39 Å². The van der Waals surface area contributed by atoms with E-state index >= 15 is 0 Å². The topological polar surface area (TPSA) is 35.2 Å². The van der Waals surface area contributed by atoms with Gasteiger partial charge in [-0.3, -0.25) is 0 Å². The van der Waals surface area contributed by atoms with Crippen molar-refractivity contribution in [1.82, 2.24) is 0 Å². The van der Waals surface area contributed by atoms with E-state index in [4.69, 9.17) is 10.5 Å². The van der Waals surface area contributed by atoms with Gasteiger partial charge in [0.2, 0.25) is 0 Å². The fourth-order valence-corrected chi connectivity index (χ4v) is 2.05. The Kier molecular flexibility index (Phi) is 4.74.